The molecule has 2 heterocycles. The highest BCUT2D eigenvalue weighted by atomic mass is 16.4. The van der Waals surface area contributed by atoms with Gasteiger partial charge in [-0.25, -0.2) is 0 Å². The van der Waals surface area contributed by atoms with Gasteiger partial charge in [0.15, 0.2) is 0 Å². The Bertz CT molecular complexity index is 613. The fraction of sp³-hybridized carbons (Fsp3) is 0.357. The van der Waals surface area contributed by atoms with Gasteiger partial charge in [0.1, 0.15) is 12.0 Å². The quantitative estimate of drug-likeness (QED) is 0.791. The van der Waals surface area contributed by atoms with Crippen molar-refractivity contribution >= 4 is 23.5 Å². The molecule has 20 heavy (non-hydrogen) atoms. The van der Waals surface area contributed by atoms with Gasteiger partial charge in [0.05, 0.1) is 6.42 Å². The van der Waals surface area contributed by atoms with Crippen molar-refractivity contribution in [3.05, 3.63) is 29.8 Å². The first-order valence-electron chi connectivity index (χ1n) is 6.39. The number of benzene rings is 1. The third kappa shape index (κ3) is 1.68. The van der Waals surface area contributed by atoms with E-state index in [-0.39, 0.29) is 24.8 Å². The molecule has 2 aliphatic rings. The molecule has 0 radical (unpaired) electrons. The number of hydrogen-bond donors (Lipinski definition) is 1. The molecule has 1 aromatic carbocycles. The number of carboxylic acid groups (broad SMARTS) is 1. The van der Waals surface area contributed by atoms with E-state index in [1.807, 2.05) is 0 Å². The lowest BCUT2D eigenvalue weighted by atomic mass is 10.0. The number of hydrogen-bond acceptors (Lipinski definition) is 4. The van der Waals surface area contributed by atoms with Crippen molar-refractivity contribution in [2.75, 3.05) is 18.5 Å². The van der Waals surface area contributed by atoms with E-state index < -0.39 is 17.9 Å². The van der Waals surface area contributed by atoms with Gasteiger partial charge in [-0.2, -0.15) is 0 Å². The van der Waals surface area contributed by atoms with Crippen LogP contribution >= 0.6 is 0 Å². The Morgan fingerprint density at radius 3 is 2.60 bits per heavy atom. The zero-order chi connectivity index (χ0) is 14.4. The molecule has 1 N–H and O–H groups in total. The van der Waals surface area contributed by atoms with Crippen molar-refractivity contribution in [3.8, 4) is 0 Å². The van der Waals surface area contributed by atoms with Crippen LogP contribution in [-0.2, 0) is 14.4 Å². The molecule has 0 aliphatic carbocycles. The molecule has 2 atom stereocenters. The highest BCUT2D eigenvalue weighted by molar-refractivity contribution is 6.07. The van der Waals surface area contributed by atoms with Crippen LogP contribution in [0.3, 0.4) is 0 Å². The topological polar surface area (TPSA) is 77.9 Å². The second kappa shape index (κ2) is 4.33. The number of para-hydroxylation sites is 1. The van der Waals surface area contributed by atoms with Crippen molar-refractivity contribution in [2.24, 2.45) is 0 Å². The minimum atomic E-state index is -0.912. The van der Waals surface area contributed by atoms with Crippen LogP contribution in [0.2, 0.25) is 0 Å². The second-order valence-electron chi connectivity index (χ2n) is 5.11. The average molecular weight is 274 g/mol. The number of likely N-dealkylation sites (N-methyl/N-ethyl adjacent to an activating group) is 1. The third-order valence-corrected chi connectivity index (χ3v) is 4.03. The molecular weight excluding hydrogens is 260 g/mol. The Labute approximate surface area is 115 Å². The predicted octanol–water partition coefficient (Wildman–Crippen LogP) is 0.432. The lowest BCUT2D eigenvalue weighted by Crippen LogP contribution is -2.41. The lowest BCUT2D eigenvalue weighted by Gasteiger charge is -2.24. The first kappa shape index (κ1) is 12.7. The molecule has 1 fully saturated rings. The number of carboxylic acids is 1. The summed E-state index contributed by atoms with van der Waals surface area (Å²) in [6, 6.07) is 6.57. The highest BCUT2D eigenvalue weighted by Crippen LogP contribution is 2.39. The summed E-state index contributed by atoms with van der Waals surface area (Å²) in [5, 5.41) is 9.30. The Morgan fingerprint density at radius 2 is 2.00 bits per heavy atom. The van der Waals surface area contributed by atoms with E-state index >= 15 is 0 Å². The number of rotatable bonds is 2. The predicted molar refractivity (Wildman–Crippen MR) is 70.3 cm³/mol. The van der Waals surface area contributed by atoms with Crippen molar-refractivity contribution < 1.29 is 19.5 Å². The Kier molecular flexibility index (Phi) is 2.74. The van der Waals surface area contributed by atoms with E-state index in [1.54, 1.807) is 29.2 Å². The van der Waals surface area contributed by atoms with Gasteiger partial charge in [0.2, 0.25) is 5.91 Å². The maximum absolute atomic E-state index is 12.1. The fourth-order valence-electron chi connectivity index (χ4n) is 2.92. The number of anilines is 1. The molecule has 3 rings (SSSR count). The first-order valence-corrected chi connectivity index (χ1v) is 6.39. The van der Waals surface area contributed by atoms with Gasteiger partial charge in [-0.15, -0.1) is 0 Å². The van der Waals surface area contributed by atoms with Crippen LogP contribution in [0.5, 0.6) is 0 Å². The summed E-state index contributed by atoms with van der Waals surface area (Å²) >= 11 is 0. The number of amides is 2. The van der Waals surface area contributed by atoms with E-state index in [0.717, 1.165) is 10.6 Å². The van der Waals surface area contributed by atoms with E-state index in [4.69, 9.17) is 0 Å². The lowest BCUT2D eigenvalue weighted by molar-refractivity contribution is -0.139. The summed E-state index contributed by atoms with van der Waals surface area (Å²) in [4.78, 5) is 38.0. The SMILES string of the molecule is CN1C(=O)CC(N2CC(C(=O)O)c3ccccc32)C1=O. The van der Waals surface area contributed by atoms with Gasteiger partial charge >= 0.3 is 5.97 Å². The summed E-state index contributed by atoms with van der Waals surface area (Å²) in [5.74, 6) is -2.06. The average Bonchev–Trinajstić information content (AvgIpc) is 2.92. The molecule has 2 unspecified atom stereocenters. The molecule has 6 heteroatoms. The number of nitrogens with zero attached hydrogens (tertiary/aromatic N) is 2. The normalized spacial score (nSPS) is 25.2. The Balaban J connectivity index is 1.99. The van der Waals surface area contributed by atoms with Crippen LogP contribution in [0.1, 0.15) is 17.9 Å². The van der Waals surface area contributed by atoms with Crippen LogP contribution in [-0.4, -0.2) is 47.4 Å². The molecule has 1 saturated heterocycles. The molecule has 6 nitrogen and oxygen atoms in total. The standard InChI is InChI=1S/C14H14N2O4/c1-15-12(17)6-11(13(15)18)16-7-9(14(19)20)8-4-2-3-5-10(8)16/h2-5,9,11H,6-7H2,1H3,(H,19,20). The van der Waals surface area contributed by atoms with Gasteiger partial charge in [-0.05, 0) is 11.6 Å². The molecular formula is C14H14N2O4. The van der Waals surface area contributed by atoms with Crippen molar-refractivity contribution in [3.63, 3.8) is 0 Å². The zero-order valence-electron chi connectivity index (χ0n) is 10.9. The summed E-state index contributed by atoms with van der Waals surface area (Å²) in [7, 11) is 1.46. The zero-order valence-corrected chi connectivity index (χ0v) is 10.9. The van der Waals surface area contributed by atoms with E-state index in [1.165, 1.54) is 7.05 Å². The van der Waals surface area contributed by atoms with Crippen LogP contribution in [0, 0.1) is 0 Å². The smallest absolute Gasteiger partial charge is 0.312 e. The van der Waals surface area contributed by atoms with Crippen LogP contribution in [0.25, 0.3) is 0 Å². The fourth-order valence-corrected chi connectivity index (χ4v) is 2.92. The van der Waals surface area contributed by atoms with Gasteiger partial charge in [0.25, 0.3) is 5.91 Å². The molecule has 104 valence electrons. The molecule has 2 amide bonds. The number of fused-ring (bicyclic) bond motifs is 1. The first-order chi connectivity index (χ1) is 9.50. The number of carbonyl (C=O) groups excluding carboxylic acids is 2. The van der Waals surface area contributed by atoms with Gasteiger partial charge < -0.3 is 10.0 Å². The summed E-state index contributed by atoms with van der Waals surface area (Å²) in [5.41, 5.74) is 1.44. The minimum absolute atomic E-state index is 0.107. The van der Waals surface area contributed by atoms with Crippen LogP contribution < -0.4 is 4.90 Å². The molecule has 0 spiro atoms. The van der Waals surface area contributed by atoms with E-state index in [0.29, 0.717) is 5.56 Å². The van der Waals surface area contributed by atoms with E-state index in [9.17, 15) is 19.5 Å². The largest absolute Gasteiger partial charge is 0.481 e. The maximum Gasteiger partial charge on any atom is 0.312 e. The summed E-state index contributed by atoms with van der Waals surface area (Å²) in [6.45, 7) is 0.228. The summed E-state index contributed by atoms with van der Waals surface area (Å²) < 4.78 is 0. The van der Waals surface area contributed by atoms with Crippen LogP contribution in [0.4, 0.5) is 5.69 Å². The monoisotopic (exact) mass is 274 g/mol. The van der Waals surface area contributed by atoms with Gasteiger partial charge in [-0.1, -0.05) is 18.2 Å². The Morgan fingerprint density at radius 1 is 1.30 bits per heavy atom. The van der Waals surface area contributed by atoms with Crippen molar-refractivity contribution in [1.29, 1.82) is 0 Å². The Hall–Kier alpha value is -2.37. The molecule has 1 aromatic rings. The number of carbonyl (C=O) groups is 3. The minimum Gasteiger partial charge on any atom is -0.481 e. The number of likely N-dealkylation sites (tertiary alicyclic amines) is 1. The second-order valence-corrected chi connectivity index (χ2v) is 5.11. The summed E-state index contributed by atoms with van der Waals surface area (Å²) in [6.07, 6.45) is 0.107. The van der Waals surface area contributed by atoms with Crippen LogP contribution in [0.15, 0.2) is 24.3 Å². The van der Waals surface area contributed by atoms with E-state index in [2.05, 4.69) is 0 Å². The molecule has 0 saturated carbocycles. The maximum atomic E-state index is 12.1. The van der Waals surface area contributed by atoms with Crippen molar-refractivity contribution in [2.45, 2.75) is 18.4 Å². The molecule has 2 aliphatic heterocycles. The highest BCUT2D eigenvalue weighted by Gasteiger charge is 2.45. The van der Waals surface area contributed by atoms with Gasteiger partial charge in [-0.3, -0.25) is 19.3 Å². The number of aliphatic carboxylic acids is 1. The van der Waals surface area contributed by atoms with Crippen molar-refractivity contribution in [1.82, 2.24) is 4.90 Å². The molecule has 0 aromatic heterocycles. The number of imide groups is 1. The van der Waals surface area contributed by atoms with Gasteiger partial charge in [0, 0.05) is 19.3 Å². The third-order valence-electron chi connectivity index (χ3n) is 4.03. The molecule has 0 bridgehead atoms.